The molecule has 0 amide bonds. The summed E-state index contributed by atoms with van der Waals surface area (Å²) < 4.78 is 9.98. The van der Waals surface area contributed by atoms with Crippen molar-refractivity contribution in [3.63, 3.8) is 0 Å². The molecular formula is C18H28O4S. The fraction of sp³-hybridized carbons (Fsp3) is 0.667. The lowest BCUT2D eigenvalue weighted by atomic mass is 10.1. The summed E-state index contributed by atoms with van der Waals surface area (Å²) in [6.45, 7) is 2.23. The predicted molar refractivity (Wildman–Crippen MR) is 94.2 cm³/mol. The summed E-state index contributed by atoms with van der Waals surface area (Å²) in [5, 5.41) is 0. The van der Waals surface area contributed by atoms with Crippen LogP contribution in [0.3, 0.4) is 0 Å². The Balaban J connectivity index is 2.28. The van der Waals surface area contributed by atoms with E-state index in [9.17, 15) is 9.59 Å². The van der Waals surface area contributed by atoms with E-state index in [4.69, 9.17) is 9.47 Å². The number of carbonyl (C=O) groups excluding carboxylic acids is 2. The number of thioether (sulfide) groups is 1. The van der Waals surface area contributed by atoms with Gasteiger partial charge in [0.15, 0.2) is 0 Å². The van der Waals surface area contributed by atoms with Gasteiger partial charge < -0.3 is 9.47 Å². The van der Waals surface area contributed by atoms with Gasteiger partial charge in [0.05, 0.1) is 19.1 Å². The highest BCUT2D eigenvalue weighted by atomic mass is 32.2. The lowest BCUT2D eigenvalue weighted by Crippen LogP contribution is -2.20. The van der Waals surface area contributed by atoms with Crippen molar-refractivity contribution < 1.29 is 19.1 Å². The molecule has 0 saturated heterocycles. The topological polar surface area (TPSA) is 52.6 Å². The molecule has 0 bridgehead atoms. The summed E-state index contributed by atoms with van der Waals surface area (Å²) >= 11 is 1.43. The summed E-state index contributed by atoms with van der Waals surface area (Å²) in [6.07, 6.45) is 11.4. The molecular weight excluding hydrogens is 312 g/mol. The molecule has 0 aromatic rings. The molecule has 130 valence electrons. The second-order valence-corrected chi connectivity index (χ2v) is 6.73. The summed E-state index contributed by atoms with van der Waals surface area (Å²) in [6, 6.07) is 0. The Morgan fingerprint density at radius 3 is 2.00 bits per heavy atom. The number of Topliss-reactive ketones (excluding diaryl/α,β-unsaturated/α-hetero) is 1. The third-order valence-electron chi connectivity index (χ3n) is 3.79. The van der Waals surface area contributed by atoms with Crippen molar-refractivity contribution in [1.29, 1.82) is 0 Å². The van der Waals surface area contributed by atoms with Gasteiger partial charge in [0.1, 0.15) is 0 Å². The number of ketones is 2. The molecule has 0 aromatic heterocycles. The molecule has 0 unspecified atom stereocenters. The number of hydrogen-bond donors (Lipinski definition) is 0. The molecule has 1 aliphatic rings. The van der Waals surface area contributed by atoms with Crippen LogP contribution >= 0.6 is 11.8 Å². The van der Waals surface area contributed by atoms with E-state index >= 15 is 0 Å². The highest BCUT2D eigenvalue weighted by Crippen LogP contribution is 2.28. The molecule has 0 saturated carbocycles. The Morgan fingerprint density at radius 2 is 1.43 bits per heavy atom. The lowest BCUT2D eigenvalue weighted by molar-refractivity contribution is -0.119. The molecule has 0 N–H and O–H groups in total. The van der Waals surface area contributed by atoms with E-state index in [1.54, 1.807) is 0 Å². The molecule has 4 nitrogen and oxygen atoms in total. The minimum Gasteiger partial charge on any atom is -0.490 e. The van der Waals surface area contributed by atoms with Gasteiger partial charge >= 0.3 is 0 Å². The number of rotatable bonds is 12. The van der Waals surface area contributed by atoms with E-state index in [0.29, 0.717) is 4.91 Å². The van der Waals surface area contributed by atoms with Crippen LogP contribution in [0.1, 0.15) is 58.3 Å². The molecule has 5 heteroatoms. The van der Waals surface area contributed by atoms with E-state index in [2.05, 4.69) is 6.92 Å². The molecule has 0 aromatic carbocycles. The molecule has 1 rings (SSSR count). The van der Waals surface area contributed by atoms with Crippen molar-refractivity contribution in [1.82, 2.24) is 0 Å². The number of hydrogen-bond acceptors (Lipinski definition) is 5. The molecule has 0 radical (unpaired) electrons. The standard InChI is InChI=1S/C18H28O4S/c1-4-5-6-7-8-9-10-11-12-23-15-13-14(19)17(21-2)18(22-3)16(15)20/h13H,4-12H2,1-3H3. The van der Waals surface area contributed by atoms with Crippen LogP contribution in [0.15, 0.2) is 22.5 Å². The van der Waals surface area contributed by atoms with Gasteiger partial charge in [0.2, 0.25) is 23.1 Å². The van der Waals surface area contributed by atoms with Crippen molar-refractivity contribution >= 4 is 23.3 Å². The van der Waals surface area contributed by atoms with Gasteiger partial charge in [0.25, 0.3) is 0 Å². The average molecular weight is 340 g/mol. The van der Waals surface area contributed by atoms with Crippen molar-refractivity contribution in [3.05, 3.63) is 22.5 Å². The van der Waals surface area contributed by atoms with E-state index in [-0.39, 0.29) is 23.1 Å². The fourth-order valence-electron chi connectivity index (χ4n) is 2.48. The molecule has 0 atom stereocenters. The first-order valence-electron chi connectivity index (χ1n) is 8.41. The second-order valence-electron chi connectivity index (χ2n) is 5.59. The van der Waals surface area contributed by atoms with Crippen LogP contribution in [-0.4, -0.2) is 31.5 Å². The van der Waals surface area contributed by atoms with E-state index in [0.717, 1.165) is 12.2 Å². The normalized spacial score (nSPS) is 15.0. The number of ether oxygens (including phenoxy) is 2. The van der Waals surface area contributed by atoms with Crippen LogP contribution in [0.4, 0.5) is 0 Å². The molecule has 23 heavy (non-hydrogen) atoms. The van der Waals surface area contributed by atoms with Crippen molar-refractivity contribution in [2.75, 3.05) is 20.0 Å². The van der Waals surface area contributed by atoms with Gasteiger partial charge in [0, 0.05) is 6.08 Å². The number of unbranched alkanes of at least 4 members (excludes halogenated alkanes) is 7. The summed E-state index contributed by atoms with van der Waals surface area (Å²) in [7, 11) is 2.75. The van der Waals surface area contributed by atoms with Gasteiger partial charge in [-0.3, -0.25) is 9.59 Å². The zero-order valence-corrected chi connectivity index (χ0v) is 15.3. The molecule has 0 fully saturated rings. The first-order valence-corrected chi connectivity index (χ1v) is 9.40. The van der Waals surface area contributed by atoms with Gasteiger partial charge in [-0.2, -0.15) is 0 Å². The summed E-state index contributed by atoms with van der Waals surface area (Å²) in [4.78, 5) is 24.6. The zero-order valence-electron chi connectivity index (χ0n) is 14.5. The van der Waals surface area contributed by atoms with Crippen molar-refractivity contribution in [2.45, 2.75) is 58.3 Å². The third kappa shape index (κ3) is 6.42. The predicted octanol–water partition coefficient (Wildman–Crippen LogP) is 4.40. The monoisotopic (exact) mass is 340 g/mol. The molecule has 0 heterocycles. The van der Waals surface area contributed by atoms with Crippen LogP contribution in [0.5, 0.6) is 0 Å². The Hall–Kier alpha value is -1.23. The number of allylic oxidation sites excluding steroid dienone is 2. The van der Waals surface area contributed by atoms with E-state index in [1.807, 2.05) is 0 Å². The first-order chi connectivity index (χ1) is 11.2. The minimum atomic E-state index is -0.303. The average Bonchev–Trinajstić information content (AvgIpc) is 2.55. The van der Waals surface area contributed by atoms with Crippen molar-refractivity contribution in [2.24, 2.45) is 0 Å². The maximum atomic E-state index is 12.2. The Bertz CT molecular complexity index is 466. The molecule has 0 aliphatic heterocycles. The van der Waals surface area contributed by atoms with Gasteiger partial charge in [-0.25, -0.2) is 0 Å². The third-order valence-corrected chi connectivity index (χ3v) is 4.89. The quantitative estimate of drug-likeness (QED) is 0.389. The van der Waals surface area contributed by atoms with Crippen LogP contribution in [-0.2, 0) is 19.1 Å². The highest BCUT2D eigenvalue weighted by Gasteiger charge is 2.30. The van der Waals surface area contributed by atoms with E-state index < -0.39 is 0 Å². The first kappa shape index (κ1) is 19.8. The van der Waals surface area contributed by atoms with E-state index in [1.165, 1.54) is 77.0 Å². The van der Waals surface area contributed by atoms with Crippen molar-refractivity contribution in [3.8, 4) is 0 Å². The number of methoxy groups -OCH3 is 2. The molecule has 0 spiro atoms. The van der Waals surface area contributed by atoms with Gasteiger partial charge in [-0.1, -0.05) is 51.9 Å². The highest BCUT2D eigenvalue weighted by molar-refractivity contribution is 8.04. The molecule has 1 aliphatic carbocycles. The van der Waals surface area contributed by atoms with Crippen LogP contribution in [0.25, 0.3) is 0 Å². The summed E-state index contributed by atoms with van der Waals surface area (Å²) in [5.74, 6) is 0.294. The van der Waals surface area contributed by atoms with Crippen LogP contribution in [0, 0.1) is 0 Å². The smallest absolute Gasteiger partial charge is 0.238 e. The maximum absolute atomic E-state index is 12.2. The number of carbonyl (C=O) groups is 2. The second kappa shape index (κ2) is 11.3. The van der Waals surface area contributed by atoms with Crippen LogP contribution < -0.4 is 0 Å². The Labute approximate surface area is 143 Å². The lowest BCUT2D eigenvalue weighted by Gasteiger charge is -2.16. The van der Waals surface area contributed by atoms with Crippen LogP contribution in [0.2, 0.25) is 0 Å². The maximum Gasteiger partial charge on any atom is 0.238 e. The van der Waals surface area contributed by atoms with Gasteiger partial charge in [-0.15, -0.1) is 11.8 Å². The van der Waals surface area contributed by atoms with Gasteiger partial charge in [-0.05, 0) is 12.2 Å². The zero-order chi connectivity index (χ0) is 17.1. The Morgan fingerprint density at radius 1 is 0.870 bits per heavy atom. The minimum absolute atomic E-state index is 0.00562. The Kier molecular flexibility index (Phi) is 9.76. The fourth-order valence-corrected chi connectivity index (χ4v) is 3.46. The summed E-state index contributed by atoms with van der Waals surface area (Å²) in [5.41, 5.74) is 0. The SMILES string of the molecule is CCCCCCCCCCSC1=CC(=O)C(OC)=C(OC)C1=O. The largest absolute Gasteiger partial charge is 0.490 e.